The fourth-order valence-corrected chi connectivity index (χ4v) is 3.59. The van der Waals surface area contributed by atoms with Gasteiger partial charge in [0.1, 0.15) is 0 Å². The van der Waals surface area contributed by atoms with Gasteiger partial charge in [0.2, 0.25) is 0 Å². The van der Waals surface area contributed by atoms with Gasteiger partial charge in [0.25, 0.3) is 0 Å². The SMILES string of the molecule is C=Cc1ccccc1-c1cc(OCCC(C)C)c(OCCC(C)C)cc1-c1ccccc1. The second-order valence-corrected chi connectivity index (χ2v) is 9.06. The Labute approximate surface area is 193 Å². The topological polar surface area (TPSA) is 18.5 Å². The van der Waals surface area contributed by atoms with E-state index >= 15 is 0 Å². The van der Waals surface area contributed by atoms with Crippen molar-refractivity contribution in [1.29, 1.82) is 0 Å². The zero-order valence-electron chi connectivity index (χ0n) is 19.9. The summed E-state index contributed by atoms with van der Waals surface area (Å²) < 4.78 is 12.6. The monoisotopic (exact) mass is 428 g/mol. The molecule has 3 rings (SSSR count). The molecule has 0 unspecified atom stereocenters. The van der Waals surface area contributed by atoms with Gasteiger partial charge < -0.3 is 9.47 Å². The highest BCUT2D eigenvalue weighted by Crippen LogP contribution is 2.42. The molecule has 0 aromatic heterocycles. The molecule has 0 bridgehead atoms. The van der Waals surface area contributed by atoms with Crippen molar-refractivity contribution in [2.24, 2.45) is 11.8 Å². The molecule has 0 aliphatic rings. The van der Waals surface area contributed by atoms with Gasteiger partial charge in [0, 0.05) is 0 Å². The Morgan fingerprint density at radius 1 is 0.688 bits per heavy atom. The van der Waals surface area contributed by atoms with Crippen molar-refractivity contribution in [3.63, 3.8) is 0 Å². The first-order valence-corrected chi connectivity index (χ1v) is 11.7. The van der Waals surface area contributed by atoms with Crippen LogP contribution in [0, 0.1) is 11.8 Å². The number of hydrogen-bond donors (Lipinski definition) is 0. The summed E-state index contributed by atoms with van der Waals surface area (Å²) in [4.78, 5) is 0. The molecule has 0 saturated carbocycles. The third kappa shape index (κ3) is 6.26. The highest BCUT2D eigenvalue weighted by molar-refractivity contribution is 5.89. The lowest BCUT2D eigenvalue weighted by atomic mass is 9.91. The van der Waals surface area contributed by atoms with Crippen molar-refractivity contribution in [1.82, 2.24) is 0 Å². The maximum Gasteiger partial charge on any atom is 0.161 e. The van der Waals surface area contributed by atoms with E-state index in [-0.39, 0.29) is 0 Å². The quantitative estimate of drug-likeness (QED) is 0.305. The van der Waals surface area contributed by atoms with E-state index in [1.54, 1.807) is 0 Å². The molecule has 0 saturated heterocycles. The maximum atomic E-state index is 6.28. The molecule has 2 nitrogen and oxygen atoms in total. The minimum Gasteiger partial charge on any atom is -0.490 e. The molecule has 2 heteroatoms. The fourth-order valence-electron chi connectivity index (χ4n) is 3.59. The average Bonchev–Trinajstić information content (AvgIpc) is 2.79. The Morgan fingerprint density at radius 3 is 1.78 bits per heavy atom. The van der Waals surface area contributed by atoms with Crippen LogP contribution in [0.1, 0.15) is 46.1 Å². The van der Waals surface area contributed by atoms with Crippen molar-refractivity contribution in [3.8, 4) is 33.8 Å². The molecule has 0 aliphatic carbocycles. The molecule has 0 radical (unpaired) electrons. The second kappa shape index (κ2) is 11.6. The lowest BCUT2D eigenvalue weighted by molar-refractivity contribution is 0.247. The molecule has 32 heavy (non-hydrogen) atoms. The Hall–Kier alpha value is -3.00. The van der Waals surface area contributed by atoms with E-state index in [9.17, 15) is 0 Å². The van der Waals surface area contributed by atoms with Gasteiger partial charge in [-0.2, -0.15) is 0 Å². The van der Waals surface area contributed by atoms with Crippen LogP contribution in [0.5, 0.6) is 11.5 Å². The Kier molecular flexibility index (Phi) is 8.56. The molecular formula is C30H36O2. The van der Waals surface area contributed by atoms with Crippen molar-refractivity contribution in [2.45, 2.75) is 40.5 Å². The average molecular weight is 429 g/mol. The van der Waals surface area contributed by atoms with Crippen LogP contribution in [0.25, 0.3) is 28.3 Å². The van der Waals surface area contributed by atoms with Crippen LogP contribution in [0.4, 0.5) is 0 Å². The third-order valence-corrected chi connectivity index (χ3v) is 5.55. The molecule has 0 atom stereocenters. The van der Waals surface area contributed by atoms with E-state index in [1.165, 1.54) is 0 Å². The van der Waals surface area contributed by atoms with E-state index in [0.29, 0.717) is 25.0 Å². The van der Waals surface area contributed by atoms with E-state index in [4.69, 9.17) is 9.47 Å². The predicted molar refractivity (Wildman–Crippen MR) is 137 cm³/mol. The fraction of sp³-hybridized carbons (Fsp3) is 0.333. The first-order valence-electron chi connectivity index (χ1n) is 11.7. The molecule has 0 N–H and O–H groups in total. The molecule has 3 aromatic carbocycles. The number of ether oxygens (including phenoxy) is 2. The van der Waals surface area contributed by atoms with Crippen molar-refractivity contribution in [2.75, 3.05) is 13.2 Å². The summed E-state index contributed by atoms with van der Waals surface area (Å²) >= 11 is 0. The minimum atomic E-state index is 0.588. The van der Waals surface area contributed by atoms with Crippen LogP contribution in [-0.4, -0.2) is 13.2 Å². The summed E-state index contributed by atoms with van der Waals surface area (Å²) in [6, 6.07) is 23.2. The highest BCUT2D eigenvalue weighted by atomic mass is 16.5. The molecule has 0 aliphatic heterocycles. The van der Waals surface area contributed by atoms with Gasteiger partial charge in [-0.1, -0.05) is 94.9 Å². The Morgan fingerprint density at radius 2 is 1.22 bits per heavy atom. The van der Waals surface area contributed by atoms with Gasteiger partial charge in [0.15, 0.2) is 11.5 Å². The van der Waals surface area contributed by atoms with Crippen LogP contribution < -0.4 is 9.47 Å². The van der Waals surface area contributed by atoms with E-state index in [0.717, 1.165) is 52.2 Å². The molecule has 168 valence electrons. The van der Waals surface area contributed by atoms with Crippen molar-refractivity contribution >= 4 is 6.08 Å². The standard InChI is InChI=1S/C30H36O2/c1-6-24-12-10-11-15-26(24)28-21-30(32-19-17-23(4)5)29(31-18-16-22(2)3)20-27(28)25-13-8-7-9-14-25/h6-15,20-23H,1,16-19H2,2-5H3. The zero-order valence-corrected chi connectivity index (χ0v) is 19.9. The van der Waals surface area contributed by atoms with Gasteiger partial charge in [-0.15, -0.1) is 0 Å². The van der Waals surface area contributed by atoms with Crippen molar-refractivity contribution in [3.05, 3.63) is 78.9 Å². The lowest BCUT2D eigenvalue weighted by Gasteiger charge is -2.20. The summed E-state index contributed by atoms with van der Waals surface area (Å²) in [5, 5.41) is 0. The van der Waals surface area contributed by atoms with Crippen LogP contribution in [0.2, 0.25) is 0 Å². The smallest absolute Gasteiger partial charge is 0.161 e. The molecule has 0 fully saturated rings. The second-order valence-electron chi connectivity index (χ2n) is 9.06. The van der Waals surface area contributed by atoms with Gasteiger partial charge in [-0.05, 0) is 64.6 Å². The number of rotatable bonds is 11. The van der Waals surface area contributed by atoms with Crippen LogP contribution in [-0.2, 0) is 0 Å². The molecule has 0 spiro atoms. The lowest BCUT2D eigenvalue weighted by Crippen LogP contribution is -2.06. The van der Waals surface area contributed by atoms with Gasteiger partial charge >= 0.3 is 0 Å². The first-order chi connectivity index (χ1) is 15.5. The Balaban J connectivity index is 2.13. The highest BCUT2D eigenvalue weighted by Gasteiger charge is 2.17. The van der Waals surface area contributed by atoms with E-state index in [1.807, 2.05) is 18.2 Å². The first kappa shape index (κ1) is 23.7. The summed E-state index contributed by atoms with van der Waals surface area (Å²) in [7, 11) is 0. The summed E-state index contributed by atoms with van der Waals surface area (Å²) in [5.74, 6) is 2.80. The summed E-state index contributed by atoms with van der Waals surface area (Å²) in [5.41, 5.74) is 5.66. The van der Waals surface area contributed by atoms with Gasteiger partial charge in [-0.3, -0.25) is 0 Å². The molecular weight excluding hydrogens is 392 g/mol. The predicted octanol–water partition coefficient (Wildman–Crippen LogP) is 8.51. The van der Waals surface area contributed by atoms with Gasteiger partial charge in [0.05, 0.1) is 13.2 Å². The summed E-state index contributed by atoms with van der Waals surface area (Å²) in [6.07, 6.45) is 3.92. The van der Waals surface area contributed by atoms with E-state index < -0.39 is 0 Å². The third-order valence-electron chi connectivity index (χ3n) is 5.55. The van der Waals surface area contributed by atoms with Gasteiger partial charge in [-0.25, -0.2) is 0 Å². The summed E-state index contributed by atoms with van der Waals surface area (Å²) in [6.45, 7) is 14.2. The normalized spacial score (nSPS) is 11.1. The van der Waals surface area contributed by atoms with Crippen LogP contribution in [0.3, 0.4) is 0 Å². The zero-order chi connectivity index (χ0) is 22.9. The maximum absolute atomic E-state index is 6.28. The molecule has 3 aromatic rings. The molecule has 0 heterocycles. The number of hydrogen-bond acceptors (Lipinski definition) is 2. The van der Waals surface area contributed by atoms with Crippen LogP contribution in [0.15, 0.2) is 73.3 Å². The number of benzene rings is 3. The Bertz CT molecular complexity index is 1000. The largest absolute Gasteiger partial charge is 0.490 e. The van der Waals surface area contributed by atoms with E-state index in [2.05, 4.69) is 88.9 Å². The van der Waals surface area contributed by atoms with Crippen molar-refractivity contribution < 1.29 is 9.47 Å². The minimum absolute atomic E-state index is 0.588. The molecule has 0 amide bonds. The van der Waals surface area contributed by atoms with Crippen LogP contribution >= 0.6 is 0 Å².